The minimum Gasteiger partial charge on any atom is -0.466 e. The fourth-order valence-electron chi connectivity index (χ4n) is 1.52. The molecule has 0 aliphatic carbocycles. The van der Waals surface area contributed by atoms with Crippen molar-refractivity contribution in [2.75, 3.05) is 6.61 Å². The van der Waals surface area contributed by atoms with Gasteiger partial charge >= 0.3 is 5.97 Å². The van der Waals surface area contributed by atoms with Crippen molar-refractivity contribution in [1.29, 1.82) is 5.26 Å². The first kappa shape index (κ1) is 14.6. The summed E-state index contributed by atoms with van der Waals surface area (Å²) in [7, 11) is 0. The maximum Gasteiger partial charge on any atom is 0.310 e. The van der Waals surface area contributed by atoms with E-state index >= 15 is 0 Å². The summed E-state index contributed by atoms with van der Waals surface area (Å²) in [6.07, 6.45) is -3.11. The van der Waals surface area contributed by atoms with Crippen molar-refractivity contribution in [3.8, 4) is 6.07 Å². The van der Waals surface area contributed by atoms with Crippen LogP contribution in [0.5, 0.6) is 0 Å². The molecule has 1 rings (SSSR count). The highest BCUT2D eigenvalue weighted by Gasteiger charge is 2.22. The molecule has 18 heavy (non-hydrogen) atoms. The van der Waals surface area contributed by atoms with E-state index in [-0.39, 0.29) is 24.2 Å². The number of carbonyl (C=O) groups excluding carboxylic acids is 1. The van der Waals surface area contributed by atoms with Gasteiger partial charge in [-0.1, -0.05) is 15.9 Å². The molecule has 0 amide bonds. The van der Waals surface area contributed by atoms with E-state index in [4.69, 9.17) is 10.00 Å². The van der Waals surface area contributed by atoms with Crippen LogP contribution in [0.3, 0.4) is 0 Å². The summed E-state index contributed by atoms with van der Waals surface area (Å²) in [6.45, 7) is 1.81. The molecule has 0 aromatic heterocycles. The zero-order valence-corrected chi connectivity index (χ0v) is 11.1. The molecule has 0 spiro atoms. The maximum atomic E-state index is 13.0. The minimum atomic E-state index is -2.82. The molecule has 1 aromatic rings. The first-order valence-corrected chi connectivity index (χ1v) is 5.95. The molecule has 0 aliphatic heterocycles. The zero-order chi connectivity index (χ0) is 13.7. The fourth-order valence-corrected chi connectivity index (χ4v) is 2.01. The molecule has 3 nitrogen and oxygen atoms in total. The van der Waals surface area contributed by atoms with Crippen LogP contribution in [0.25, 0.3) is 0 Å². The quantitative estimate of drug-likeness (QED) is 0.800. The highest BCUT2D eigenvalue weighted by atomic mass is 79.9. The predicted molar refractivity (Wildman–Crippen MR) is 64.2 cm³/mol. The lowest BCUT2D eigenvalue weighted by Gasteiger charge is -2.12. The Morgan fingerprint density at radius 1 is 1.56 bits per heavy atom. The smallest absolute Gasteiger partial charge is 0.310 e. The number of nitrogens with zero attached hydrogens (tertiary/aromatic N) is 1. The lowest BCUT2D eigenvalue weighted by Crippen LogP contribution is -2.11. The van der Waals surface area contributed by atoms with Gasteiger partial charge in [0.1, 0.15) is 0 Å². The number of hydrogen-bond donors (Lipinski definition) is 0. The Morgan fingerprint density at radius 3 is 2.72 bits per heavy atom. The monoisotopic (exact) mass is 317 g/mol. The summed E-state index contributed by atoms with van der Waals surface area (Å²) in [5.74, 6) is -0.602. The van der Waals surface area contributed by atoms with Crippen LogP contribution in [0.4, 0.5) is 8.78 Å². The van der Waals surface area contributed by atoms with E-state index in [2.05, 4.69) is 15.9 Å². The highest BCUT2D eigenvalue weighted by Crippen LogP contribution is 2.32. The molecular formula is C12H10BrF2NO2. The molecule has 0 N–H and O–H groups in total. The van der Waals surface area contributed by atoms with Gasteiger partial charge in [-0.3, -0.25) is 4.79 Å². The molecule has 0 heterocycles. The van der Waals surface area contributed by atoms with Crippen molar-refractivity contribution in [1.82, 2.24) is 0 Å². The number of esters is 1. The Labute approximate surface area is 111 Å². The molecule has 6 heteroatoms. The molecule has 0 aliphatic rings. The number of hydrogen-bond acceptors (Lipinski definition) is 3. The van der Waals surface area contributed by atoms with Crippen LogP contribution in [0.1, 0.15) is 30.0 Å². The molecule has 0 radical (unpaired) electrons. The van der Waals surface area contributed by atoms with E-state index in [0.717, 1.165) is 0 Å². The Morgan fingerprint density at radius 2 is 2.22 bits per heavy atom. The summed E-state index contributed by atoms with van der Waals surface area (Å²) in [5.41, 5.74) is -0.449. The Bertz CT molecular complexity index is 498. The van der Waals surface area contributed by atoms with Crippen LogP contribution < -0.4 is 0 Å². The summed E-state index contributed by atoms with van der Waals surface area (Å²) in [6, 6.07) is 4.46. The standard InChI is InChI=1S/C12H10BrF2NO2/c1-2-18-10(17)5-8-9(13)4-3-7(6-16)11(8)12(14)15/h3-4,12H,2,5H2,1H3. The average molecular weight is 318 g/mol. The second-order valence-corrected chi connectivity index (χ2v) is 4.24. The van der Waals surface area contributed by atoms with Crippen molar-refractivity contribution in [3.05, 3.63) is 33.3 Å². The first-order valence-electron chi connectivity index (χ1n) is 5.16. The molecule has 0 saturated carbocycles. The van der Waals surface area contributed by atoms with Gasteiger partial charge in [0.2, 0.25) is 0 Å². The van der Waals surface area contributed by atoms with Crippen molar-refractivity contribution in [3.63, 3.8) is 0 Å². The van der Waals surface area contributed by atoms with E-state index in [0.29, 0.717) is 4.47 Å². The SMILES string of the molecule is CCOC(=O)Cc1c(Br)ccc(C#N)c1C(F)F. The van der Waals surface area contributed by atoms with Crippen LogP contribution in [0.2, 0.25) is 0 Å². The minimum absolute atomic E-state index is 0.0995. The van der Waals surface area contributed by atoms with Crippen LogP contribution in [0.15, 0.2) is 16.6 Å². The van der Waals surface area contributed by atoms with Crippen molar-refractivity contribution in [2.24, 2.45) is 0 Å². The van der Waals surface area contributed by atoms with Crippen molar-refractivity contribution < 1.29 is 18.3 Å². The Balaban J connectivity index is 3.24. The van der Waals surface area contributed by atoms with Gasteiger partial charge < -0.3 is 4.74 Å². The van der Waals surface area contributed by atoms with E-state index < -0.39 is 18.0 Å². The summed E-state index contributed by atoms with van der Waals surface area (Å²) >= 11 is 3.11. The number of alkyl halides is 2. The van der Waals surface area contributed by atoms with Gasteiger partial charge in [-0.15, -0.1) is 0 Å². The van der Waals surface area contributed by atoms with Gasteiger partial charge in [-0.25, -0.2) is 8.78 Å². The van der Waals surface area contributed by atoms with Crippen molar-refractivity contribution >= 4 is 21.9 Å². The molecule has 96 valence electrons. The molecule has 0 bridgehead atoms. The zero-order valence-electron chi connectivity index (χ0n) is 9.54. The fraction of sp³-hybridized carbons (Fsp3) is 0.333. The highest BCUT2D eigenvalue weighted by molar-refractivity contribution is 9.10. The molecule has 0 saturated heterocycles. The van der Waals surface area contributed by atoms with E-state index in [1.54, 1.807) is 13.0 Å². The van der Waals surface area contributed by atoms with Gasteiger partial charge in [0.15, 0.2) is 0 Å². The van der Waals surface area contributed by atoms with E-state index in [9.17, 15) is 13.6 Å². The number of ether oxygens (including phenoxy) is 1. The van der Waals surface area contributed by atoms with Gasteiger partial charge in [-0.2, -0.15) is 5.26 Å². The number of rotatable bonds is 4. The normalized spacial score (nSPS) is 10.2. The predicted octanol–water partition coefficient (Wildman–Crippen LogP) is 3.36. The van der Waals surface area contributed by atoms with Crippen LogP contribution in [0, 0.1) is 11.3 Å². The third-order valence-electron chi connectivity index (χ3n) is 2.27. The summed E-state index contributed by atoms with van der Waals surface area (Å²) in [4.78, 5) is 11.4. The molecule has 0 fully saturated rings. The van der Waals surface area contributed by atoms with Crippen LogP contribution in [-0.2, 0) is 16.0 Å². The summed E-state index contributed by atoms with van der Waals surface area (Å²) in [5, 5.41) is 8.81. The topological polar surface area (TPSA) is 50.1 Å². The molecule has 0 unspecified atom stereocenters. The van der Waals surface area contributed by atoms with Gasteiger partial charge in [0, 0.05) is 10.0 Å². The second kappa shape index (κ2) is 6.45. The summed E-state index contributed by atoms with van der Waals surface area (Å²) < 4.78 is 31.0. The number of halogens is 3. The van der Waals surface area contributed by atoms with Gasteiger partial charge in [-0.05, 0) is 24.6 Å². The van der Waals surface area contributed by atoms with Crippen LogP contribution in [-0.4, -0.2) is 12.6 Å². The Kier molecular flexibility index (Phi) is 5.23. The lowest BCUT2D eigenvalue weighted by atomic mass is 9.99. The second-order valence-electron chi connectivity index (χ2n) is 3.38. The van der Waals surface area contributed by atoms with Gasteiger partial charge in [0.05, 0.1) is 24.7 Å². The van der Waals surface area contributed by atoms with E-state index in [1.807, 2.05) is 0 Å². The van der Waals surface area contributed by atoms with Gasteiger partial charge in [0.25, 0.3) is 6.43 Å². The third kappa shape index (κ3) is 3.26. The third-order valence-corrected chi connectivity index (χ3v) is 3.01. The number of nitriles is 1. The average Bonchev–Trinajstić information content (AvgIpc) is 2.31. The largest absolute Gasteiger partial charge is 0.466 e. The number of carbonyl (C=O) groups is 1. The number of benzene rings is 1. The Hall–Kier alpha value is -1.48. The molecular weight excluding hydrogens is 308 g/mol. The lowest BCUT2D eigenvalue weighted by molar-refractivity contribution is -0.142. The molecule has 1 aromatic carbocycles. The maximum absolute atomic E-state index is 13.0. The first-order chi connectivity index (χ1) is 8.51. The van der Waals surface area contributed by atoms with Crippen molar-refractivity contribution in [2.45, 2.75) is 19.8 Å². The molecule has 0 atom stereocenters. The van der Waals surface area contributed by atoms with Crippen LogP contribution >= 0.6 is 15.9 Å². The van der Waals surface area contributed by atoms with E-state index in [1.165, 1.54) is 12.1 Å².